The fourth-order valence-electron chi connectivity index (χ4n) is 1.81. The van der Waals surface area contributed by atoms with Crippen molar-refractivity contribution < 1.29 is 4.74 Å². The van der Waals surface area contributed by atoms with Gasteiger partial charge in [0.25, 0.3) is 6.02 Å². The van der Waals surface area contributed by atoms with Crippen LogP contribution in [0.15, 0.2) is 47.5 Å². The normalized spacial score (nSPS) is 13.3. The van der Waals surface area contributed by atoms with Crippen LogP contribution < -0.4 is 10.6 Å². The van der Waals surface area contributed by atoms with Gasteiger partial charge in [0.1, 0.15) is 6.61 Å². The Morgan fingerprint density at radius 2 is 1.84 bits per heavy atom. The Hall–Kier alpha value is -2.23. The Balaban J connectivity index is 0.000000186. The molecule has 0 amide bonds. The molecule has 4 nitrogen and oxygen atoms in total. The van der Waals surface area contributed by atoms with Crippen LogP contribution in [0.4, 0.5) is 5.69 Å². The maximum absolute atomic E-state index is 5.06. The second kappa shape index (κ2) is 6.09. The summed E-state index contributed by atoms with van der Waals surface area (Å²) in [5.74, 6) is 0. The summed E-state index contributed by atoms with van der Waals surface area (Å²) in [5, 5.41) is 2.60. The lowest BCUT2D eigenvalue weighted by atomic mass is 10.1. The number of nitrogens with two attached hydrogens (primary N) is 1. The van der Waals surface area contributed by atoms with E-state index in [2.05, 4.69) is 71.2 Å². The Bertz CT molecular complexity index is 578. The fourth-order valence-corrected chi connectivity index (χ4v) is 1.81. The van der Waals surface area contributed by atoms with E-state index in [1.165, 1.54) is 16.5 Å². The van der Waals surface area contributed by atoms with Crippen LogP contribution in [0.3, 0.4) is 0 Å². The van der Waals surface area contributed by atoms with E-state index in [0.717, 1.165) is 6.54 Å². The second-order valence-electron chi connectivity index (χ2n) is 4.49. The van der Waals surface area contributed by atoms with Gasteiger partial charge in [-0.25, -0.2) is 4.99 Å². The van der Waals surface area contributed by atoms with Crippen molar-refractivity contribution in [1.82, 2.24) is 0 Å². The number of aliphatic imine (C=N–C) groups is 1. The molecule has 0 radical (unpaired) electrons. The zero-order chi connectivity index (χ0) is 13.7. The van der Waals surface area contributed by atoms with Gasteiger partial charge in [-0.05, 0) is 22.9 Å². The van der Waals surface area contributed by atoms with E-state index in [0.29, 0.717) is 12.6 Å². The van der Waals surface area contributed by atoms with E-state index in [1.807, 2.05) is 0 Å². The van der Waals surface area contributed by atoms with Gasteiger partial charge in [-0.2, -0.15) is 0 Å². The molecule has 0 saturated heterocycles. The van der Waals surface area contributed by atoms with Gasteiger partial charge in [0.15, 0.2) is 0 Å². The highest BCUT2D eigenvalue weighted by molar-refractivity contribution is 5.85. The Morgan fingerprint density at radius 3 is 2.37 bits per heavy atom. The number of hydrogen-bond donors (Lipinski definition) is 1. The molecule has 2 N–H and O–H groups in total. The van der Waals surface area contributed by atoms with E-state index in [1.54, 1.807) is 0 Å². The zero-order valence-corrected chi connectivity index (χ0v) is 11.3. The van der Waals surface area contributed by atoms with Gasteiger partial charge in [0, 0.05) is 19.8 Å². The maximum Gasteiger partial charge on any atom is 0.282 e. The van der Waals surface area contributed by atoms with Crippen LogP contribution in [0.5, 0.6) is 0 Å². The van der Waals surface area contributed by atoms with Crippen molar-refractivity contribution in [2.24, 2.45) is 10.7 Å². The molecule has 0 aromatic heterocycles. The van der Waals surface area contributed by atoms with Crippen LogP contribution in [0.25, 0.3) is 10.8 Å². The van der Waals surface area contributed by atoms with E-state index >= 15 is 0 Å². The van der Waals surface area contributed by atoms with Gasteiger partial charge >= 0.3 is 0 Å². The van der Waals surface area contributed by atoms with E-state index < -0.39 is 0 Å². The Morgan fingerprint density at radius 1 is 1.11 bits per heavy atom. The number of fused-ring (bicyclic) bond motifs is 1. The van der Waals surface area contributed by atoms with Crippen molar-refractivity contribution in [1.29, 1.82) is 0 Å². The summed E-state index contributed by atoms with van der Waals surface area (Å²) in [6.07, 6.45) is 0. The van der Waals surface area contributed by atoms with Crippen LogP contribution in [0.2, 0.25) is 0 Å². The summed E-state index contributed by atoms with van der Waals surface area (Å²) in [4.78, 5) is 5.83. The molecule has 1 heterocycles. The molecule has 0 fully saturated rings. The lowest BCUT2D eigenvalue weighted by Crippen LogP contribution is -2.10. The van der Waals surface area contributed by atoms with Crippen molar-refractivity contribution in [2.45, 2.75) is 0 Å². The molecule has 1 aliphatic rings. The molecule has 0 bridgehead atoms. The minimum Gasteiger partial charge on any atom is -0.463 e. The van der Waals surface area contributed by atoms with Crippen LogP contribution in [0, 0.1) is 0 Å². The van der Waals surface area contributed by atoms with Gasteiger partial charge in [-0.15, -0.1) is 0 Å². The van der Waals surface area contributed by atoms with E-state index in [-0.39, 0.29) is 0 Å². The minimum atomic E-state index is 0.329. The molecular formula is C15H19N3O. The standard InChI is InChI=1S/C12H13N.C3H6N2O/c1-13(2)12-8-7-10-5-3-4-6-11(10)9-12;4-3-5-1-2-6-3/h3-9H,1-2H3;1-2H2,(H2,4,5). The largest absolute Gasteiger partial charge is 0.463 e. The lowest BCUT2D eigenvalue weighted by Gasteiger charge is -2.12. The molecule has 0 saturated carbocycles. The molecule has 4 heteroatoms. The summed E-state index contributed by atoms with van der Waals surface area (Å²) in [7, 11) is 4.12. The average Bonchev–Trinajstić information content (AvgIpc) is 2.90. The number of amidine groups is 1. The van der Waals surface area contributed by atoms with Gasteiger partial charge in [0.05, 0.1) is 6.54 Å². The smallest absolute Gasteiger partial charge is 0.282 e. The Labute approximate surface area is 113 Å². The van der Waals surface area contributed by atoms with Crippen LogP contribution in [0.1, 0.15) is 0 Å². The van der Waals surface area contributed by atoms with Gasteiger partial charge in [-0.3, -0.25) is 0 Å². The number of anilines is 1. The number of hydrogen-bond acceptors (Lipinski definition) is 4. The first-order valence-corrected chi connectivity index (χ1v) is 6.25. The monoisotopic (exact) mass is 257 g/mol. The summed E-state index contributed by atoms with van der Waals surface area (Å²) in [5.41, 5.74) is 6.31. The van der Waals surface area contributed by atoms with Crippen molar-refractivity contribution in [2.75, 3.05) is 32.1 Å². The first-order chi connectivity index (χ1) is 9.16. The van der Waals surface area contributed by atoms with Crippen molar-refractivity contribution in [3.05, 3.63) is 42.5 Å². The molecule has 2 aromatic carbocycles. The number of ether oxygens (including phenoxy) is 1. The van der Waals surface area contributed by atoms with Gasteiger partial charge < -0.3 is 15.4 Å². The van der Waals surface area contributed by atoms with Crippen molar-refractivity contribution in [3.8, 4) is 0 Å². The third kappa shape index (κ3) is 3.61. The fraction of sp³-hybridized carbons (Fsp3) is 0.267. The molecule has 1 aliphatic heterocycles. The van der Waals surface area contributed by atoms with Gasteiger partial charge in [0.2, 0.25) is 0 Å². The van der Waals surface area contributed by atoms with Crippen LogP contribution in [-0.4, -0.2) is 33.3 Å². The number of rotatable bonds is 1. The number of nitrogens with zero attached hydrogens (tertiary/aromatic N) is 2. The van der Waals surface area contributed by atoms with Crippen molar-refractivity contribution in [3.63, 3.8) is 0 Å². The van der Waals surface area contributed by atoms with Gasteiger partial charge in [-0.1, -0.05) is 30.3 Å². The molecule has 0 aliphatic carbocycles. The summed E-state index contributed by atoms with van der Waals surface area (Å²) in [6, 6.07) is 15.2. The first-order valence-electron chi connectivity index (χ1n) is 6.25. The molecular weight excluding hydrogens is 238 g/mol. The maximum atomic E-state index is 5.06. The first kappa shape index (κ1) is 13.2. The predicted octanol–water partition coefficient (Wildman–Crippen LogP) is 2.24. The highest BCUT2D eigenvalue weighted by Crippen LogP contribution is 2.20. The summed E-state index contributed by atoms with van der Waals surface area (Å²) >= 11 is 0. The topological polar surface area (TPSA) is 50.8 Å². The molecule has 0 atom stereocenters. The van der Waals surface area contributed by atoms with E-state index in [4.69, 9.17) is 5.73 Å². The highest BCUT2D eigenvalue weighted by Gasteiger charge is 1.97. The SMILES string of the molecule is CN(C)c1ccc2ccccc2c1.NC1=NCCO1. The second-order valence-corrected chi connectivity index (χ2v) is 4.49. The zero-order valence-electron chi connectivity index (χ0n) is 11.3. The molecule has 0 spiro atoms. The Kier molecular flexibility index (Phi) is 4.23. The number of benzene rings is 2. The quantitative estimate of drug-likeness (QED) is 0.852. The molecule has 0 unspecified atom stereocenters. The lowest BCUT2D eigenvalue weighted by molar-refractivity contribution is 0.342. The molecule has 2 aromatic rings. The minimum absolute atomic E-state index is 0.329. The van der Waals surface area contributed by atoms with Crippen LogP contribution in [-0.2, 0) is 4.74 Å². The van der Waals surface area contributed by atoms with E-state index in [9.17, 15) is 0 Å². The molecule has 19 heavy (non-hydrogen) atoms. The third-order valence-electron chi connectivity index (χ3n) is 2.86. The van der Waals surface area contributed by atoms with Crippen molar-refractivity contribution >= 4 is 22.5 Å². The third-order valence-corrected chi connectivity index (χ3v) is 2.86. The predicted molar refractivity (Wildman–Crippen MR) is 80.7 cm³/mol. The molecule has 3 rings (SSSR count). The summed E-state index contributed by atoms with van der Waals surface area (Å²) in [6.45, 7) is 1.39. The summed E-state index contributed by atoms with van der Waals surface area (Å²) < 4.78 is 4.68. The molecule has 100 valence electrons. The van der Waals surface area contributed by atoms with Crippen LogP contribution >= 0.6 is 0 Å². The highest BCUT2D eigenvalue weighted by atomic mass is 16.5. The average molecular weight is 257 g/mol.